The topological polar surface area (TPSA) is 12.9 Å². The summed E-state index contributed by atoms with van der Waals surface area (Å²) in [5, 5.41) is 2.81. The Morgan fingerprint density at radius 2 is 1.95 bits per heavy atom. The Morgan fingerprint density at radius 1 is 1.10 bits per heavy atom. The maximum absolute atomic E-state index is 4.45. The molecule has 2 aliphatic carbocycles. The van der Waals surface area contributed by atoms with Crippen molar-refractivity contribution in [3.05, 3.63) is 46.8 Å². The maximum atomic E-state index is 4.45. The Labute approximate surface area is 120 Å². The summed E-state index contributed by atoms with van der Waals surface area (Å²) in [4.78, 5) is 4.45. The molecule has 0 saturated carbocycles. The van der Waals surface area contributed by atoms with Crippen LogP contribution in [0.3, 0.4) is 0 Å². The molecule has 2 aromatic rings. The van der Waals surface area contributed by atoms with Crippen LogP contribution in [0.15, 0.2) is 30.1 Å². The molecule has 0 bridgehead atoms. The summed E-state index contributed by atoms with van der Waals surface area (Å²) in [5.74, 6) is 1.37. The summed E-state index contributed by atoms with van der Waals surface area (Å²) in [6.45, 7) is 6.98. The first-order chi connectivity index (χ1) is 9.65. The number of benzene rings is 1. The van der Waals surface area contributed by atoms with Crippen LogP contribution < -0.4 is 0 Å². The van der Waals surface area contributed by atoms with Gasteiger partial charge in [-0.3, -0.25) is 4.98 Å². The Morgan fingerprint density at radius 3 is 2.70 bits per heavy atom. The molecular formula is C19H21N. The van der Waals surface area contributed by atoms with Gasteiger partial charge in [-0.2, -0.15) is 0 Å². The van der Waals surface area contributed by atoms with Gasteiger partial charge < -0.3 is 0 Å². The third-order valence-corrected chi connectivity index (χ3v) is 5.41. The van der Waals surface area contributed by atoms with Gasteiger partial charge in [0, 0.05) is 17.8 Å². The normalized spacial score (nSPS) is 24.9. The summed E-state index contributed by atoms with van der Waals surface area (Å²) in [6, 6.07) is 4.82. The van der Waals surface area contributed by atoms with Crippen molar-refractivity contribution in [3.63, 3.8) is 0 Å². The van der Waals surface area contributed by atoms with Crippen LogP contribution in [0.25, 0.3) is 16.3 Å². The molecule has 20 heavy (non-hydrogen) atoms. The van der Waals surface area contributed by atoms with Crippen LogP contribution in [0.1, 0.15) is 56.2 Å². The van der Waals surface area contributed by atoms with Gasteiger partial charge in [-0.05, 0) is 71.7 Å². The van der Waals surface area contributed by atoms with Gasteiger partial charge in [-0.1, -0.05) is 25.5 Å². The van der Waals surface area contributed by atoms with Crippen LogP contribution in [0, 0.1) is 5.92 Å². The zero-order chi connectivity index (χ0) is 13.9. The van der Waals surface area contributed by atoms with Gasteiger partial charge in [0.1, 0.15) is 0 Å². The molecule has 1 heteroatoms. The molecular weight excluding hydrogens is 242 g/mol. The molecule has 102 valence electrons. The molecule has 2 aliphatic rings. The first-order valence-corrected chi connectivity index (χ1v) is 7.75. The highest BCUT2D eigenvalue weighted by atomic mass is 14.6. The Bertz CT molecular complexity index is 739. The first kappa shape index (κ1) is 12.1. The number of aromatic nitrogens is 1. The highest BCUT2D eigenvalue weighted by Crippen LogP contribution is 2.42. The highest BCUT2D eigenvalue weighted by molar-refractivity contribution is 5.93. The van der Waals surface area contributed by atoms with Crippen molar-refractivity contribution >= 4 is 16.3 Å². The lowest BCUT2D eigenvalue weighted by Crippen LogP contribution is -1.90. The number of nitrogens with zero attached hydrogens (tertiary/aromatic N) is 1. The Balaban J connectivity index is 1.95. The van der Waals surface area contributed by atoms with E-state index >= 15 is 0 Å². The van der Waals surface area contributed by atoms with Crippen LogP contribution in [0.4, 0.5) is 0 Å². The molecule has 0 N–H and O–H groups in total. The van der Waals surface area contributed by atoms with E-state index in [0.29, 0.717) is 5.92 Å². The predicted octanol–water partition coefficient (Wildman–Crippen LogP) is 5.10. The molecule has 0 radical (unpaired) electrons. The molecule has 0 amide bonds. The van der Waals surface area contributed by atoms with Crippen molar-refractivity contribution in [1.82, 2.24) is 4.98 Å². The van der Waals surface area contributed by atoms with Crippen molar-refractivity contribution in [2.24, 2.45) is 5.92 Å². The third kappa shape index (κ3) is 1.59. The number of rotatable bonds is 1. The monoisotopic (exact) mass is 263 g/mol. The van der Waals surface area contributed by atoms with Crippen molar-refractivity contribution in [2.45, 2.75) is 46.0 Å². The lowest BCUT2D eigenvalue weighted by molar-refractivity contribution is 0.671. The molecule has 2 atom stereocenters. The fourth-order valence-electron chi connectivity index (χ4n) is 4.04. The molecule has 1 nitrogen and oxygen atoms in total. The molecule has 1 unspecified atom stereocenters. The number of allylic oxidation sites excluding steroid dienone is 2. The number of hydrogen-bond acceptors (Lipinski definition) is 1. The summed E-state index contributed by atoms with van der Waals surface area (Å²) < 4.78 is 0. The van der Waals surface area contributed by atoms with E-state index in [4.69, 9.17) is 0 Å². The number of hydrogen-bond donors (Lipinski definition) is 0. The minimum atomic E-state index is 0.619. The summed E-state index contributed by atoms with van der Waals surface area (Å²) in [5.41, 5.74) is 7.59. The molecule has 0 aliphatic heterocycles. The van der Waals surface area contributed by atoms with Crippen molar-refractivity contribution in [2.75, 3.05) is 0 Å². The highest BCUT2D eigenvalue weighted by Gasteiger charge is 2.24. The second kappa shape index (κ2) is 4.18. The largest absolute Gasteiger partial charge is 0.264 e. The van der Waals surface area contributed by atoms with Gasteiger partial charge in [-0.15, -0.1) is 0 Å². The van der Waals surface area contributed by atoms with Gasteiger partial charge >= 0.3 is 0 Å². The van der Waals surface area contributed by atoms with E-state index in [0.717, 1.165) is 5.92 Å². The SMILES string of the molecule is CC1=C(c2cc3c4c(cncc4c2)C(C)C3)CC[C@H]1C. The second-order valence-corrected chi connectivity index (χ2v) is 6.67. The van der Waals surface area contributed by atoms with Crippen LogP contribution in [0.2, 0.25) is 0 Å². The van der Waals surface area contributed by atoms with Crippen molar-refractivity contribution in [1.29, 1.82) is 0 Å². The van der Waals surface area contributed by atoms with E-state index in [9.17, 15) is 0 Å². The van der Waals surface area contributed by atoms with Crippen LogP contribution in [-0.2, 0) is 6.42 Å². The van der Waals surface area contributed by atoms with E-state index in [-0.39, 0.29) is 0 Å². The van der Waals surface area contributed by atoms with E-state index in [1.807, 2.05) is 6.20 Å². The standard InChI is InChI=1S/C19H21N/c1-11-4-5-17(13(11)3)14-7-15-6-12(2)18-10-20-9-16(8-14)19(15)18/h7-12H,4-6H2,1-3H3/t11-,12?/m1/s1. The summed E-state index contributed by atoms with van der Waals surface area (Å²) in [6.07, 6.45) is 7.82. The van der Waals surface area contributed by atoms with Crippen LogP contribution in [-0.4, -0.2) is 4.98 Å². The van der Waals surface area contributed by atoms with Gasteiger partial charge in [0.15, 0.2) is 0 Å². The van der Waals surface area contributed by atoms with Gasteiger partial charge in [-0.25, -0.2) is 0 Å². The summed E-state index contributed by atoms with van der Waals surface area (Å²) >= 11 is 0. The van der Waals surface area contributed by atoms with E-state index < -0.39 is 0 Å². The van der Waals surface area contributed by atoms with Crippen molar-refractivity contribution in [3.8, 4) is 0 Å². The van der Waals surface area contributed by atoms with E-state index in [2.05, 4.69) is 44.1 Å². The minimum absolute atomic E-state index is 0.619. The van der Waals surface area contributed by atoms with E-state index in [1.54, 1.807) is 11.1 Å². The molecule has 4 rings (SSSR count). The number of pyridine rings is 1. The molecule has 1 heterocycles. The van der Waals surface area contributed by atoms with Crippen LogP contribution in [0.5, 0.6) is 0 Å². The quantitative estimate of drug-likeness (QED) is 0.697. The van der Waals surface area contributed by atoms with Crippen LogP contribution >= 0.6 is 0 Å². The van der Waals surface area contributed by atoms with Crippen molar-refractivity contribution < 1.29 is 0 Å². The minimum Gasteiger partial charge on any atom is -0.264 e. The summed E-state index contributed by atoms with van der Waals surface area (Å²) in [7, 11) is 0. The molecule has 0 fully saturated rings. The lowest BCUT2D eigenvalue weighted by Gasteiger charge is -2.09. The first-order valence-electron chi connectivity index (χ1n) is 7.75. The molecule has 0 saturated heterocycles. The Hall–Kier alpha value is -1.63. The molecule has 0 spiro atoms. The average molecular weight is 263 g/mol. The maximum Gasteiger partial charge on any atom is 0.0346 e. The Kier molecular flexibility index (Phi) is 2.54. The second-order valence-electron chi connectivity index (χ2n) is 6.67. The molecule has 1 aromatic heterocycles. The third-order valence-electron chi connectivity index (χ3n) is 5.41. The smallest absolute Gasteiger partial charge is 0.0346 e. The predicted molar refractivity (Wildman–Crippen MR) is 84.9 cm³/mol. The fraction of sp³-hybridized carbons (Fsp3) is 0.421. The van der Waals surface area contributed by atoms with Gasteiger partial charge in [0.2, 0.25) is 0 Å². The van der Waals surface area contributed by atoms with Gasteiger partial charge in [0.25, 0.3) is 0 Å². The fourth-order valence-corrected chi connectivity index (χ4v) is 4.04. The lowest BCUT2D eigenvalue weighted by atomic mass is 9.96. The molecule has 1 aromatic carbocycles. The average Bonchev–Trinajstić information content (AvgIpc) is 2.93. The van der Waals surface area contributed by atoms with Gasteiger partial charge in [0.05, 0.1) is 0 Å². The zero-order valence-electron chi connectivity index (χ0n) is 12.5. The van der Waals surface area contributed by atoms with E-state index in [1.165, 1.54) is 46.7 Å². The zero-order valence-corrected chi connectivity index (χ0v) is 12.5.